The van der Waals surface area contributed by atoms with E-state index in [-0.39, 0.29) is 18.3 Å². The highest BCUT2D eigenvalue weighted by atomic mass is 16.6. The predicted octanol–water partition coefficient (Wildman–Crippen LogP) is 1.53. The molecule has 0 aromatic heterocycles. The van der Waals surface area contributed by atoms with Gasteiger partial charge in [0.1, 0.15) is 5.75 Å². The largest absolute Gasteiger partial charge is 0.489 e. The van der Waals surface area contributed by atoms with Crippen LogP contribution in [0.2, 0.25) is 0 Å². The van der Waals surface area contributed by atoms with Gasteiger partial charge in [-0.25, -0.2) is 4.79 Å². The number of amides is 1. The second-order valence-corrected chi connectivity index (χ2v) is 5.11. The summed E-state index contributed by atoms with van der Waals surface area (Å²) in [5.41, 5.74) is 0.361. The molecule has 1 amide bonds. The average Bonchev–Trinajstić information content (AvgIpc) is 2.49. The molecule has 7 nitrogen and oxygen atoms in total. The molecule has 22 heavy (non-hydrogen) atoms. The number of aromatic carboxylic acids is 1. The van der Waals surface area contributed by atoms with Crippen LogP contribution in [-0.4, -0.2) is 49.0 Å². The first-order chi connectivity index (χ1) is 10.5. The predicted molar refractivity (Wildman–Crippen MR) is 78.4 cm³/mol. The van der Waals surface area contributed by atoms with E-state index in [4.69, 9.17) is 19.3 Å². The van der Waals surface area contributed by atoms with Crippen molar-refractivity contribution < 1.29 is 28.9 Å². The van der Waals surface area contributed by atoms with Crippen molar-refractivity contribution in [1.82, 2.24) is 0 Å². The van der Waals surface area contributed by atoms with Crippen molar-refractivity contribution in [2.75, 3.05) is 25.1 Å². The standard InChI is InChI=1S/C15H19NO6/c1-9(2)22-12-4-3-10(15(18)19)7-11(12)16-14(17)13-8-20-5-6-21-13/h3-4,7,9,13H,5-6,8H2,1-2H3,(H,16,17)(H,18,19)/t13-/m1/s1. The van der Waals surface area contributed by atoms with Crippen molar-refractivity contribution in [3.8, 4) is 5.75 Å². The highest BCUT2D eigenvalue weighted by Gasteiger charge is 2.24. The zero-order valence-electron chi connectivity index (χ0n) is 12.5. The number of carboxylic acid groups (broad SMARTS) is 1. The zero-order valence-corrected chi connectivity index (χ0v) is 12.5. The van der Waals surface area contributed by atoms with Crippen LogP contribution in [0.3, 0.4) is 0 Å². The van der Waals surface area contributed by atoms with Crippen LogP contribution < -0.4 is 10.1 Å². The Morgan fingerprint density at radius 1 is 1.36 bits per heavy atom. The topological polar surface area (TPSA) is 94.1 Å². The van der Waals surface area contributed by atoms with Gasteiger partial charge in [-0.2, -0.15) is 0 Å². The first kappa shape index (κ1) is 16.3. The van der Waals surface area contributed by atoms with Gasteiger partial charge in [0.2, 0.25) is 0 Å². The summed E-state index contributed by atoms with van der Waals surface area (Å²) in [7, 11) is 0. The molecule has 1 aliphatic heterocycles. The Kier molecular flexibility index (Phi) is 5.35. The fraction of sp³-hybridized carbons (Fsp3) is 0.467. The van der Waals surface area contributed by atoms with E-state index in [0.29, 0.717) is 24.7 Å². The van der Waals surface area contributed by atoms with Gasteiger partial charge in [0, 0.05) is 0 Å². The van der Waals surface area contributed by atoms with Crippen LogP contribution in [0.5, 0.6) is 5.75 Å². The lowest BCUT2D eigenvalue weighted by molar-refractivity contribution is -0.142. The third-order valence-electron chi connectivity index (χ3n) is 2.96. The van der Waals surface area contributed by atoms with Crippen LogP contribution in [0, 0.1) is 0 Å². The third-order valence-corrected chi connectivity index (χ3v) is 2.96. The minimum atomic E-state index is -1.08. The van der Waals surface area contributed by atoms with Gasteiger partial charge in [-0.1, -0.05) is 0 Å². The number of ether oxygens (including phenoxy) is 3. The maximum atomic E-state index is 12.2. The van der Waals surface area contributed by atoms with Crippen molar-refractivity contribution in [3.05, 3.63) is 23.8 Å². The summed E-state index contributed by atoms with van der Waals surface area (Å²) >= 11 is 0. The molecule has 0 spiro atoms. The lowest BCUT2D eigenvalue weighted by atomic mass is 10.1. The lowest BCUT2D eigenvalue weighted by Gasteiger charge is -2.23. The van der Waals surface area contributed by atoms with Crippen molar-refractivity contribution in [2.24, 2.45) is 0 Å². The molecule has 1 fully saturated rings. The van der Waals surface area contributed by atoms with Gasteiger partial charge >= 0.3 is 5.97 Å². The Morgan fingerprint density at radius 3 is 2.73 bits per heavy atom. The minimum Gasteiger partial charge on any atom is -0.489 e. The highest BCUT2D eigenvalue weighted by molar-refractivity contribution is 5.97. The van der Waals surface area contributed by atoms with Crippen LogP contribution in [0.25, 0.3) is 0 Å². The molecule has 0 radical (unpaired) electrons. The molecule has 1 heterocycles. The van der Waals surface area contributed by atoms with Gasteiger partial charge < -0.3 is 24.6 Å². The van der Waals surface area contributed by atoms with Crippen LogP contribution in [0.4, 0.5) is 5.69 Å². The van der Waals surface area contributed by atoms with Gasteiger partial charge in [-0.05, 0) is 32.0 Å². The zero-order chi connectivity index (χ0) is 16.1. The van der Waals surface area contributed by atoms with E-state index in [0.717, 1.165) is 0 Å². The summed E-state index contributed by atoms with van der Waals surface area (Å²) in [5, 5.41) is 11.7. The summed E-state index contributed by atoms with van der Waals surface area (Å²) in [4.78, 5) is 23.2. The highest BCUT2D eigenvalue weighted by Crippen LogP contribution is 2.27. The maximum absolute atomic E-state index is 12.2. The molecule has 1 aromatic carbocycles. The smallest absolute Gasteiger partial charge is 0.335 e. The van der Waals surface area contributed by atoms with Crippen LogP contribution >= 0.6 is 0 Å². The van der Waals surface area contributed by atoms with Crippen LogP contribution in [0.15, 0.2) is 18.2 Å². The number of anilines is 1. The fourth-order valence-electron chi connectivity index (χ4n) is 1.97. The van der Waals surface area contributed by atoms with Crippen LogP contribution in [-0.2, 0) is 14.3 Å². The molecule has 1 aromatic rings. The maximum Gasteiger partial charge on any atom is 0.335 e. The van der Waals surface area contributed by atoms with E-state index < -0.39 is 18.0 Å². The average molecular weight is 309 g/mol. The number of hydrogen-bond donors (Lipinski definition) is 2. The number of carboxylic acids is 1. The normalized spacial score (nSPS) is 18.0. The molecule has 0 unspecified atom stereocenters. The Bertz CT molecular complexity index is 551. The van der Waals surface area contributed by atoms with Gasteiger partial charge in [0.15, 0.2) is 6.10 Å². The number of benzene rings is 1. The summed E-state index contributed by atoms with van der Waals surface area (Å²) in [6, 6.07) is 4.31. The van der Waals surface area contributed by atoms with Crippen molar-refractivity contribution >= 4 is 17.6 Å². The van der Waals surface area contributed by atoms with Gasteiger partial charge in [0.25, 0.3) is 5.91 Å². The third kappa shape index (κ3) is 4.19. The summed E-state index contributed by atoms with van der Waals surface area (Å²) < 4.78 is 16.1. The molecule has 0 aliphatic carbocycles. The number of carbonyl (C=O) groups excluding carboxylic acids is 1. The summed E-state index contributed by atoms with van der Waals surface area (Å²) in [6.07, 6.45) is -0.824. The van der Waals surface area contributed by atoms with E-state index in [1.165, 1.54) is 18.2 Å². The first-order valence-electron chi connectivity index (χ1n) is 7.01. The summed E-state index contributed by atoms with van der Waals surface area (Å²) in [6.45, 7) is 4.66. The SMILES string of the molecule is CC(C)Oc1ccc(C(=O)O)cc1NC(=O)[C@H]1COCCO1. The molecule has 1 atom stereocenters. The van der Waals surface area contributed by atoms with Gasteiger partial charge in [-0.3, -0.25) is 4.79 Å². The van der Waals surface area contributed by atoms with Gasteiger partial charge in [0.05, 0.1) is 37.2 Å². The lowest BCUT2D eigenvalue weighted by Crippen LogP contribution is -2.39. The molecular weight excluding hydrogens is 290 g/mol. The van der Waals surface area contributed by atoms with Gasteiger partial charge in [-0.15, -0.1) is 0 Å². The Balaban J connectivity index is 2.19. The van der Waals surface area contributed by atoms with Crippen molar-refractivity contribution in [2.45, 2.75) is 26.1 Å². The molecule has 2 N–H and O–H groups in total. The first-order valence-corrected chi connectivity index (χ1v) is 7.01. The Morgan fingerprint density at radius 2 is 2.14 bits per heavy atom. The number of rotatable bonds is 5. The number of hydrogen-bond acceptors (Lipinski definition) is 5. The molecule has 0 bridgehead atoms. The number of carbonyl (C=O) groups is 2. The minimum absolute atomic E-state index is 0.0622. The fourth-order valence-corrected chi connectivity index (χ4v) is 1.97. The molecule has 7 heteroatoms. The Hall–Kier alpha value is -2.12. The second-order valence-electron chi connectivity index (χ2n) is 5.11. The van der Waals surface area contributed by atoms with Crippen molar-refractivity contribution in [1.29, 1.82) is 0 Å². The van der Waals surface area contributed by atoms with E-state index in [2.05, 4.69) is 5.32 Å². The van der Waals surface area contributed by atoms with Crippen LogP contribution in [0.1, 0.15) is 24.2 Å². The van der Waals surface area contributed by atoms with E-state index in [1.807, 2.05) is 13.8 Å². The quantitative estimate of drug-likeness (QED) is 0.856. The summed E-state index contributed by atoms with van der Waals surface area (Å²) in [5.74, 6) is -1.07. The monoisotopic (exact) mass is 309 g/mol. The van der Waals surface area contributed by atoms with Crippen molar-refractivity contribution in [3.63, 3.8) is 0 Å². The van der Waals surface area contributed by atoms with E-state index in [1.54, 1.807) is 0 Å². The Labute approximate surface area is 128 Å². The molecule has 1 aliphatic rings. The second kappa shape index (κ2) is 7.24. The molecule has 0 saturated carbocycles. The van der Waals surface area contributed by atoms with E-state index >= 15 is 0 Å². The molecular formula is C15H19NO6. The number of nitrogens with one attached hydrogen (secondary N) is 1. The molecule has 1 saturated heterocycles. The van der Waals surface area contributed by atoms with E-state index in [9.17, 15) is 9.59 Å². The molecule has 2 rings (SSSR count). The molecule has 120 valence electrons.